The fourth-order valence-electron chi connectivity index (χ4n) is 5.21. The van der Waals surface area contributed by atoms with Crippen molar-refractivity contribution in [1.29, 1.82) is 0 Å². The van der Waals surface area contributed by atoms with Gasteiger partial charge in [0.15, 0.2) is 0 Å². The molecule has 1 saturated carbocycles. The first-order chi connectivity index (χ1) is 16.3. The Morgan fingerprint density at radius 3 is 2.09 bits per heavy atom. The van der Waals surface area contributed by atoms with Crippen molar-refractivity contribution in [2.45, 2.75) is 63.5 Å². The molecular weight excluding hydrogens is 432 g/mol. The van der Waals surface area contributed by atoms with Gasteiger partial charge in [0, 0.05) is 5.92 Å². The van der Waals surface area contributed by atoms with Gasteiger partial charge >= 0.3 is 12.1 Å². The lowest BCUT2D eigenvalue weighted by atomic mass is 9.95. The van der Waals surface area contributed by atoms with Gasteiger partial charge in [-0.05, 0) is 47.4 Å². The quantitative estimate of drug-likeness (QED) is 0.535. The highest BCUT2D eigenvalue weighted by Gasteiger charge is 2.44. The van der Waals surface area contributed by atoms with E-state index < -0.39 is 29.6 Å². The smallest absolute Gasteiger partial charge is 0.408 e. The van der Waals surface area contributed by atoms with Gasteiger partial charge in [-0.1, -0.05) is 75.2 Å². The van der Waals surface area contributed by atoms with Crippen LogP contribution in [0.3, 0.4) is 0 Å². The van der Waals surface area contributed by atoms with Crippen molar-refractivity contribution in [3.63, 3.8) is 0 Å². The molecule has 2 aromatic rings. The maximum atomic E-state index is 13.1. The molecule has 7 heteroatoms. The van der Waals surface area contributed by atoms with Gasteiger partial charge in [0.25, 0.3) is 0 Å². The maximum Gasteiger partial charge on any atom is 0.408 e. The molecule has 1 fully saturated rings. The van der Waals surface area contributed by atoms with Crippen LogP contribution in [0.1, 0.15) is 63.0 Å². The topological polar surface area (TPSA) is 105 Å². The molecule has 0 heterocycles. The summed E-state index contributed by atoms with van der Waals surface area (Å²) in [6.45, 7) is 3.97. The van der Waals surface area contributed by atoms with Crippen LogP contribution >= 0.6 is 0 Å². The van der Waals surface area contributed by atoms with Gasteiger partial charge in [0.1, 0.15) is 18.2 Å². The first-order valence-corrected chi connectivity index (χ1v) is 12.0. The summed E-state index contributed by atoms with van der Waals surface area (Å²) >= 11 is 0. The number of hydrogen-bond acceptors (Lipinski definition) is 4. The van der Waals surface area contributed by atoms with E-state index >= 15 is 0 Å². The van der Waals surface area contributed by atoms with Crippen molar-refractivity contribution in [1.82, 2.24) is 10.6 Å². The zero-order chi connectivity index (χ0) is 24.3. The van der Waals surface area contributed by atoms with E-state index in [0.29, 0.717) is 19.3 Å². The second-order valence-electron chi connectivity index (χ2n) is 9.73. The minimum absolute atomic E-state index is 0.0751. The van der Waals surface area contributed by atoms with Crippen LogP contribution in [0.25, 0.3) is 11.1 Å². The van der Waals surface area contributed by atoms with Gasteiger partial charge in [-0.25, -0.2) is 9.59 Å². The molecule has 1 atom stereocenters. The highest BCUT2D eigenvalue weighted by molar-refractivity contribution is 5.93. The number of amides is 2. The number of hydrogen-bond donors (Lipinski definition) is 3. The van der Waals surface area contributed by atoms with E-state index in [0.717, 1.165) is 35.1 Å². The van der Waals surface area contributed by atoms with Crippen molar-refractivity contribution in [2.75, 3.05) is 6.61 Å². The first-order valence-electron chi connectivity index (χ1n) is 12.0. The summed E-state index contributed by atoms with van der Waals surface area (Å²) in [6, 6.07) is 15.2. The first kappa shape index (κ1) is 23.8. The van der Waals surface area contributed by atoms with Gasteiger partial charge in [-0.3, -0.25) is 4.79 Å². The lowest BCUT2D eigenvalue weighted by molar-refractivity contribution is -0.143. The molecule has 7 nitrogen and oxygen atoms in total. The van der Waals surface area contributed by atoms with Crippen LogP contribution in [0, 0.1) is 5.92 Å². The van der Waals surface area contributed by atoms with Crippen LogP contribution in [-0.2, 0) is 14.3 Å². The lowest BCUT2D eigenvalue weighted by Crippen LogP contribution is -2.60. The normalized spacial score (nSPS) is 17.0. The summed E-state index contributed by atoms with van der Waals surface area (Å²) in [6.07, 6.45) is 2.13. The molecule has 2 amide bonds. The summed E-state index contributed by atoms with van der Waals surface area (Å²) in [7, 11) is 0. The molecule has 0 spiro atoms. The van der Waals surface area contributed by atoms with E-state index in [9.17, 15) is 19.5 Å². The third-order valence-electron chi connectivity index (χ3n) is 6.89. The second kappa shape index (κ2) is 9.87. The summed E-state index contributed by atoms with van der Waals surface area (Å²) in [5.41, 5.74) is 3.37. The Morgan fingerprint density at radius 2 is 1.56 bits per heavy atom. The standard InChI is InChI=1S/C27H32N2O5/c1-17(2)15-23(24(30)31)28-25(32)27(13-7-8-14-27)29-26(33)34-16-22-20-11-5-3-9-18(20)19-10-4-6-12-21(19)22/h3-6,9-12,17,22-23H,7-8,13-16H2,1-2H3,(H,28,32)(H,29,33)(H,30,31)/t23-/m0/s1. The molecule has 0 saturated heterocycles. The number of alkyl carbamates (subject to hydrolysis) is 1. The maximum absolute atomic E-state index is 13.1. The minimum Gasteiger partial charge on any atom is -0.480 e. The lowest BCUT2D eigenvalue weighted by Gasteiger charge is -2.30. The Labute approximate surface area is 199 Å². The number of aliphatic carboxylic acids is 1. The zero-order valence-corrected chi connectivity index (χ0v) is 19.7. The Morgan fingerprint density at radius 1 is 1.00 bits per heavy atom. The molecule has 0 unspecified atom stereocenters. The van der Waals surface area contributed by atoms with E-state index in [1.54, 1.807) is 0 Å². The fourth-order valence-corrected chi connectivity index (χ4v) is 5.21. The van der Waals surface area contributed by atoms with E-state index in [1.807, 2.05) is 50.2 Å². The number of benzene rings is 2. The largest absolute Gasteiger partial charge is 0.480 e. The van der Waals surface area contributed by atoms with E-state index in [-0.39, 0.29) is 18.4 Å². The van der Waals surface area contributed by atoms with Crippen molar-refractivity contribution in [3.05, 3.63) is 59.7 Å². The second-order valence-corrected chi connectivity index (χ2v) is 9.73. The molecule has 0 aromatic heterocycles. The van der Waals surface area contributed by atoms with Gasteiger partial charge < -0.3 is 20.5 Å². The summed E-state index contributed by atoms with van der Waals surface area (Å²) < 4.78 is 5.65. The molecule has 2 aliphatic carbocycles. The number of carbonyl (C=O) groups excluding carboxylic acids is 2. The van der Waals surface area contributed by atoms with Crippen LogP contribution < -0.4 is 10.6 Å². The predicted molar refractivity (Wildman–Crippen MR) is 128 cm³/mol. The Kier molecular flexibility index (Phi) is 6.91. The van der Waals surface area contributed by atoms with Gasteiger partial charge in [0.05, 0.1) is 0 Å². The Balaban J connectivity index is 1.44. The fraction of sp³-hybridized carbons (Fsp3) is 0.444. The zero-order valence-electron chi connectivity index (χ0n) is 19.7. The Bertz CT molecular complexity index is 1030. The highest BCUT2D eigenvalue weighted by Crippen LogP contribution is 2.44. The monoisotopic (exact) mass is 464 g/mol. The van der Waals surface area contributed by atoms with Crippen molar-refractivity contribution < 1.29 is 24.2 Å². The van der Waals surface area contributed by atoms with Crippen molar-refractivity contribution >= 4 is 18.0 Å². The number of carboxylic acid groups (broad SMARTS) is 1. The molecule has 2 aromatic carbocycles. The molecule has 0 radical (unpaired) electrons. The number of ether oxygens (including phenoxy) is 1. The average Bonchev–Trinajstić information content (AvgIpc) is 3.40. The van der Waals surface area contributed by atoms with E-state index in [2.05, 4.69) is 22.8 Å². The number of fused-ring (bicyclic) bond motifs is 3. The van der Waals surface area contributed by atoms with E-state index in [4.69, 9.17) is 4.74 Å². The van der Waals surface area contributed by atoms with Crippen LogP contribution in [0.5, 0.6) is 0 Å². The van der Waals surface area contributed by atoms with E-state index in [1.165, 1.54) is 0 Å². The summed E-state index contributed by atoms with van der Waals surface area (Å²) in [5, 5.41) is 15.0. The average molecular weight is 465 g/mol. The molecule has 2 aliphatic rings. The Hall–Kier alpha value is -3.35. The molecule has 0 aliphatic heterocycles. The number of nitrogens with one attached hydrogen (secondary N) is 2. The van der Waals surface area contributed by atoms with Gasteiger partial charge in [0.2, 0.25) is 5.91 Å². The molecule has 180 valence electrons. The summed E-state index contributed by atoms with van der Waals surface area (Å²) in [5.74, 6) is -1.49. The molecule has 3 N–H and O–H groups in total. The number of rotatable bonds is 8. The molecule has 0 bridgehead atoms. The van der Waals surface area contributed by atoms with Gasteiger partial charge in [-0.2, -0.15) is 0 Å². The number of carboxylic acids is 1. The highest BCUT2D eigenvalue weighted by atomic mass is 16.5. The van der Waals surface area contributed by atoms with Crippen LogP contribution in [0.15, 0.2) is 48.5 Å². The molecular formula is C27H32N2O5. The van der Waals surface area contributed by atoms with Crippen LogP contribution in [0.4, 0.5) is 4.79 Å². The molecule has 4 rings (SSSR count). The number of carbonyl (C=O) groups is 3. The third-order valence-corrected chi connectivity index (χ3v) is 6.89. The third kappa shape index (κ3) is 4.79. The SMILES string of the molecule is CC(C)C[C@H](NC(=O)C1(NC(=O)OCC2c3ccccc3-c3ccccc32)CCCC1)C(=O)O. The van der Waals surface area contributed by atoms with Crippen molar-refractivity contribution in [2.24, 2.45) is 5.92 Å². The van der Waals surface area contributed by atoms with Crippen molar-refractivity contribution in [3.8, 4) is 11.1 Å². The van der Waals surface area contributed by atoms with Gasteiger partial charge in [-0.15, -0.1) is 0 Å². The summed E-state index contributed by atoms with van der Waals surface area (Å²) in [4.78, 5) is 37.6. The van der Waals surface area contributed by atoms with Crippen LogP contribution in [0.2, 0.25) is 0 Å². The van der Waals surface area contributed by atoms with Crippen LogP contribution in [-0.4, -0.2) is 41.3 Å². The molecule has 34 heavy (non-hydrogen) atoms. The predicted octanol–water partition coefficient (Wildman–Crippen LogP) is 4.45. The minimum atomic E-state index is -1.15.